The molecule has 0 aromatic carbocycles. The second-order valence-corrected chi connectivity index (χ2v) is 3.11. The molecule has 0 saturated carbocycles. The maximum atomic E-state index is 12.8. The zero-order valence-electron chi connectivity index (χ0n) is 7.48. The molecule has 2 nitrogen and oxygen atoms in total. The van der Waals surface area contributed by atoms with Crippen LogP contribution in [-0.2, 0) is 0 Å². The monoisotopic (exact) mass is 211 g/mol. The summed E-state index contributed by atoms with van der Waals surface area (Å²) in [5.41, 5.74) is 0.612. The molecule has 14 heavy (non-hydrogen) atoms. The molecule has 74 valence electrons. The van der Waals surface area contributed by atoms with Gasteiger partial charge in [0.15, 0.2) is 12.1 Å². The van der Waals surface area contributed by atoms with Gasteiger partial charge in [0.2, 0.25) is 0 Å². The fraction of sp³-hybridized carbons (Fsp3) is 0.200. The van der Waals surface area contributed by atoms with Gasteiger partial charge in [0.25, 0.3) is 0 Å². The minimum atomic E-state index is -0.591. The Kier molecular flexibility index (Phi) is 4.32. The molecule has 1 aromatic heterocycles. The van der Waals surface area contributed by atoms with Gasteiger partial charge in [-0.3, -0.25) is 9.78 Å². The lowest BCUT2D eigenvalue weighted by atomic mass is 10.2. The summed E-state index contributed by atoms with van der Waals surface area (Å²) in [6.45, 7) is 0. The van der Waals surface area contributed by atoms with Crippen LogP contribution in [0, 0.1) is 5.82 Å². The minimum Gasteiger partial charge on any atom is -0.298 e. The highest BCUT2D eigenvalue weighted by molar-refractivity contribution is 7.80. The van der Waals surface area contributed by atoms with E-state index in [1.165, 1.54) is 6.07 Å². The van der Waals surface area contributed by atoms with Gasteiger partial charge in [-0.15, -0.1) is 0 Å². The number of hydrogen-bond acceptors (Lipinski definition) is 3. The maximum absolute atomic E-state index is 12.8. The Morgan fingerprint density at radius 1 is 1.57 bits per heavy atom. The SMILES string of the molecule is O=Cc1cc(C=CCCS)ncc1F. The number of aromatic nitrogens is 1. The molecule has 0 spiro atoms. The molecule has 1 aromatic rings. The molecule has 0 fully saturated rings. The van der Waals surface area contributed by atoms with Gasteiger partial charge in [0.05, 0.1) is 17.5 Å². The molecular weight excluding hydrogens is 201 g/mol. The third-order valence-corrected chi connectivity index (χ3v) is 1.88. The average molecular weight is 211 g/mol. The van der Waals surface area contributed by atoms with Crippen molar-refractivity contribution in [3.8, 4) is 0 Å². The van der Waals surface area contributed by atoms with Crippen LogP contribution >= 0.6 is 12.6 Å². The number of allylic oxidation sites excluding steroid dienone is 1. The molecule has 0 saturated heterocycles. The topological polar surface area (TPSA) is 30.0 Å². The number of pyridine rings is 1. The van der Waals surface area contributed by atoms with E-state index in [0.717, 1.165) is 18.4 Å². The molecule has 0 aliphatic rings. The van der Waals surface area contributed by atoms with E-state index < -0.39 is 5.82 Å². The van der Waals surface area contributed by atoms with Gasteiger partial charge in [-0.25, -0.2) is 4.39 Å². The number of hydrogen-bond donors (Lipinski definition) is 1. The normalized spacial score (nSPS) is 10.7. The van der Waals surface area contributed by atoms with Gasteiger partial charge in [-0.2, -0.15) is 12.6 Å². The molecule has 0 N–H and O–H groups in total. The van der Waals surface area contributed by atoms with Crippen molar-refractivity contribution in [2.75, 3.05) is 5.75 Å². The van der Waals surface area contributed by atoms with E-state index in [0.29, 0.717) is 12.0 Å². The lowest BCUT2D eigenvalue weighted by molar-refractivity contribution is 0.111. The largest absolute Gasteiger partial charge is 0.298 e. The van der Waals surface area contributed by atoms with E-state index in [1.54, 1.807) is 6.08 Å². The van der Waals surface area contributed by atoms with Crippen molar-refractivity contribution in [1.29, 1.82) is 0 Å². The van der Waals surface area contributed by atoms with Gasteiger partial charge in [0, 0.05) is 0 Å². The van der Waals surface area contributed by atoms with Crippen molar-refractivity contribution < 1.29 is 9.18 Å². The standard InChI is InChI=1S/C10H10FNOS/c11-10-6-12-9(3-1-2-4-14)5-8(10)7-13/h1,3,5-7,14H,2,4H2. The van der Waals surface area contributed by atoms with Crippen LogP contribution in [0.15, 0.2) is 18.3 Å². The van der Waals surface area contributed by atoms with Crippen LogP contribution in [0.1, 0.15) is 22.5 Å². The van der Waals surface area contributed by atoms with Crippen LogP contribution in [0.25, 0.3) is 6.08 Å². The molecule has 0 amide bonds. The molecule has 0 aliphatic heterocycles. The Bertz CT molecular complexity index is 352. The molecule has 0 aliphatic carbocycles. The van der Waals surface area contributed by atoms with E-state index in [1.807, 2.05) is 6.08 Å². The Hall–Kier alpha value is -1.16. The van der Waals surface area contributed by atoms with Crippen molar-refractivity contribution in [2.24, 2.45) is 0 Å². The third kappa shape index (κ3) is 2.96. The van der Waals surface area contributed by atoms with E-state index in [4.69, 9.17) is 0 Å². The van der Waals surface area contributed by atoms with Gasteiger partial charge >= 0.3 is 0 Å². The lowest BCUT2D eigenvalue weighted by Crippen LogP contribution is -1.91. The summed E-state index contributed by atoms with van der Waals surface area (Å²) >= 11 is 4.03. The van der Waals surface area contributed by atoms with Crippen LogP contribution in [0.5, 0.6) is 0 Å². The zero-order chi connectivity index (χ0) is 10.4. The number of carbonyl (C=O) groups is 1. The summed E-state index contributed by atoms with van der Waals surface area (Å²) in [4.78, 5) is 14.2. The molecule has 0 unspecified atom stereocenters. The van der Waals surface area contributed by atoms with E-state index >= 15 is 0 Å². The highest BCUT2D eigenvalue weighted by Crippen LogP contribution is 2.07. The number of thiol groups is 1. The van der Waals surface area contributed by atoms with Gasteiger partial charge in [-0.1, -0.05) is 6.08 Å². The van der Waals surface area contributed by atoms with Crippen LogP contribution in [-0.4, -0.2) is 17.0 Å². The molecule has 0 atom stereocenters. The number of carbonyl (C=O) groups excluding carboxylic acids is 1. The molecular formula is C10H10FNOS. The van der Waals surface area contributed by atoms with Gasteiger partial charge < -0.3 is 0 Å². The Balaban J connectivity index is 2.84. The first-order valence-electron chi connectivity index (χ1n) is 4.16. The summed E-state index contributed by atoms with van der Waals surface area (Å²) in [6, 6.07) is 1.41. The first-order valence-corrected chi connectivity index (χ1v) is 4.79. The van der Waals surface area contributed by atoms with E-state index in [-0.39, 0.29) is 5.56 Å². The first-order chi connectivity index (χ1) is 6.77. The van der Waals surface area contributed by atoms with Crippen LogP contribution in [0.4, 0.5) is 4.39 Å². The highest BCUT2D eigenvalue weighted by Gasteiger charge is 2.00. The van der Waals surface area contributed by atoms with Crippen LogP contribution in [0.3, 0.4) is 0 Å². The minimum absolute atomic E-state index is 0.0329. The predicted molar refractivity (Wildman–Crippen MR) is 57.1 cm³/mol. The van der Waals surface area contributed by atoms with Gasteiger partial charge in [-0.05, 0) is 24.3 Å². The predicted octanol–water partition coefficient (Wildman–Crippen LogP) is 2.37. The highest BCUT2D eigenvalue weighted by atomic mass is 32.1. The second kappa shape index (κ2) is 5.54. The Morgan fingerprint density at radius 3 is 3.00 bits per heavy atom. The zero-order valence-corrected chi connectivity index (χ0v) is 8.38. The average Bonchev–Trinajstić information content (AvgIpc) is 2.21. The summed E-state index contributed by atoms with van der Waals surface area (Å²) in [5, 5.41) is 0. The lowest BCUT2D eigenvalue weighted by Gasteiger charge is -1.95. The summed E-state index contributed by atoms with van der Waals surface area (Å²) < 4.78 is 12.8. The summed E-state index contributed by atoms with van der Waals surface area (Å²) in [5.74, 6) is 0.157. The summed E-state index contributed by atoms with van der Waals surface area (Å²) in [6.07, 6.45) is 5.96. The van der Waals surface area contributed by atoms with Gasteiger partial charge in [0.1, 0.15) is 0 Å². The quantitative estimate of drug-likeness (QED) is 0.612. The maximum Gasteiger partial charge on any atom is 0.153 e. The van der Waals surface area contributed by atoms with Crippen molar-refractivity contribution in [2.45, 2.75) is 6.42 Å². The van der Waals surface area contributed by atoms with Crippen molar-refractivity contribution in [3.05, 3.63) is 35.4 Å². The van der Waals surface area contributed by atoms with Crippen molar-refractivity contribution in [1.82, 2.24) is 4.98 Å². The van der Waals surface area contributed by atoms with Crippen molar-refractivity contribution >= 4 is 25.0 Å². The van der Waals surface area contributed by atoms with Crippen LogP contribution in [0.2, 0.25) is 0 Å². The molecule has 1 rings (SSSR count). The first kappa shape index (κ1) is 10.9. The molecule has 0 radical (unpaired) electrons. The van der Waals surface area contributed by atoms with E-state index in [9.17, 15) is 9.18 Å². The number of halogens is 1. The third-order valence-electron chi connectivity index (χ3n) is 1.62. The summed E-state index contributed by atoms with van der Waals surface area (Å²) in [7, 11) is 0. The number of rotatable bonds is 4. The molecule has 4 heteroatoms. The van der Waals surface area contributed by atoms with E-state index in [2.05, 4.69) is 17.6 Å². The number of aldehydes is 1. The Morgan fingerprint density at radius 2 is 2.36 bits per heavy atom. The molecule has 0 bridgehead atoms. The molecule has 1 heterocycles. The van der Waals surface area contributed by atoms with Crippen molar-refractivity contribution in [3.63, 3.8) is 0 Å². The number of nitrogens with zero attached hydrogens (tertiary/aromatic N) is 1. The van der Waals surface area contributed by atoms with Crippen LogP contribution < -0.4 is 0 Å². The fourth-order valence-corrected chi connectivity index (χ4v) is 1.08. The smallest absolute Gasteiger partial charge is 0.153 e. The second-order valence-electron chi connectivity index (χ2n) is 2.66. The fourth-order valence-electron chi connectivity index (χ4n) is 0.931. The Labute approximate surface area is 87.3 Å².